The van der Waals surface area contributed by atoms with E-state index in [0.717, 1.165) is 11.8 Å². The van der Waals surface area contributed by atoms with Gasteiger partial charge < -0.3 is 14.8 Å². The van der Waals surface area contributed by atoms with Crippen molar-refractivity contribution in [2.24, 2.45) is 0 Å². The van der Waals surface area contributed by atoms with E-state index in [1.165, 1.54) is 0 Å². The fraction of sp³-hybridized carbons (Fsp3) is 0.400. The molecule has 2 aromatic rings. The van der Waals surface area contributed by atoms with E-state index >= 15 is 0 Å². The minimum absolute atomic E-state index is 0.0244. The van der Waals surface area contributed by atoms with Crippen molar-refractivity contribution in [3.63, 3.8) is 0 Å². The van der Waals surface area contributed by atoms with Gasteiger partial charge in [0.05, 0.1) is 5.02 Å². The molecule has 0 saturated heterocycles. The molecule has 1 amide bonds. The Labute approximate surface area is 122 Å². The standard InChI is InChI=1S/C15H18ClNO3/c1-3-15(2,7-8-18)17-14(19)12-9-10-5-4-6-11(16)13(10)20-12/h4-6,9,18H,3,7-8H2,1-2H3,(H,17,19). The lowest BCUT2D eigenvalue weighted by Crippen LogP contribution is -2.46. The molecule has 0 aliphatic carbocycles. The van der Waals surface area contributed by atoms with Gasteiger partial charge in [0.15, 0.2) is 11.3 Å². The maximum absolute atomic E-state index is 12.2. The van der Waals surface area contributed by atoms with Gasteiger partial charge in [0.1, 0.15) is 0 Å². The first kappa shape index (κ1) is 14.9. The maximum Gasteiger partial charge on any atom is 0.287 e. The summed E-state index contributed by atoms with van der Waals surface area (Å²) >= 11 is 6.03. The monoisotopic (exact) mass is 295 g/mol. The SMILES string of the molecule is CCC(C)(CCO)NC(=O)c1cc2cccc(Cl)c2o1. The van der Waals surface area contributed by atoms with Crippen LogP contribution in [0.1, 0.15) is 37.2 Å². The minimum atomic E-state index is -0.450. The first-order chi connectivity index (χ1) is 9.49. The molecule has 0 aliphatic heterocycles. The molecular formula is C15H18ClNO3. The molecule has 1 aromatic carbocycles. The third-order valence-electron chi connectivity index (χ3n) is 3.58. The summed E-state index contributed by atoms with van der Waals surface area (Å²) in [6.07, 6.45) is 1.22. The topological polar surface area (TPSA) is 62.5 Å². The number of amides is 1. The van der Waals surface area contributed by atoms with Gasteiger partial charge in [-0.3, -0.25) is 4.79 Å². The van der Waals surface area contributed by atoms with Crippen molar-refractivity contribution in [1.82, 2.24) is 5.32 Å². The summed E-state index contributed by atoms with van der Waals surface area (Å²) in [5.74, 6) is -0.0687. The second-order valence-electron chi connectivity index (χ2n) is 5.11. The van der Waals surface area contributed by atoms with Crippen molar-refractivity contribution in [1.29, 1.82) is 0 Å². The summed E-state index contributed by atoms with van der Waals surface area (Å²) in [6.45, 7) is 3.89. The largest absolute Gasteiger partial charge is 0.449 e. The fourth-order valence-electron chi connectivity index (χ4n) is 2.05. The van der Waals surface area contributed by atoms with Gasteiger partial charge in [-0.15, -0.1) is 0 Å². The van der Waals surface area contributed by atoms with E-state index < -0.39 is 5.54 Å². The molecule has 2 N–H and O–H groups in total. The number of fused-ring (bicyclic) bond motifs is 1. The molecule has 0 aliphatic rings. The minimum Gasteiger partial charge on any atom is -0.449 e. The molecule has 1 heterocycles. The molecule has 0 radical (unpaired) electrons. The van der Waals surface area contributed by atoms with Crippen molar-refractivity contribution >= 4 is 28.5 Å². The molecule has 0 saturated carbocycles. The van der Waals surface area contributed by atoms with E-state index in [2.05, 4.69) is 5.32 Å². The van der Waals surface area contributed by atoms with Crippen LogP contribution in [0.5, 0.6) is 0 Å². The molecule has 108 valence electrons. The van der Waals surface area contributed by atoms with E-state index in [9.17, 15) is 4.79 Å². The Balaban J connectivity index is 2.25. The summed E-state index contributed by atoms with van der Waals surface area (Å²) in [6, 6.07) is 7.04. The molecule has 4 nitrogen and oxygen atoms in total. The van der Waals surface area contributed by atoms with Gasteiger partial charge in [-0.2, -0.15) is 0 Å². The summed E-state index contributed by atoms with van der Waals surface area (Å²) in [5, 5.41) is 13.3. The number of furan rings is 1. The van der Waals surface area contributed by atoms with Crippen molar-refractivity contribution in [2.75, 3.05) is 6.61 Å². The van der Waals surface area contributed by atoms with Gasteiger partial charge in [0.2, 0.25) is 0 Å². The number of hydrogen-bond donors (Lipinski definition) is 2. The van der Waals surface area contributed by atoms with Crippen LogP contribution < -0.4 is 5.32 Å². The number of benzene rings is 1. The van der Waals surface area contributed by atoms with Crippen LogP contribution in [0.3, 0.4) is 0 Å². The van der Waals surface area contributed by atoms with Gasteiger partial charge >= 0.3 is 0 Å². The molecule has 0 fully saturated rings. The van der Waals surface area contributed by atoms with Crippen molar-refractivity contribution in [3.05, 3.63) is 35.0 Å². The number of para-hydroxylation sites is 1. The molecule has 1 aromatic heterocycles. The first-order valence-corrected chi connectivity index (χ1v) is 6.98. The Kier molecular flexibility index (Phi) is 4.35. The number of rotatable bonds is 5. The summed E-state index contributed by atoms with van der Waals surface area (Å²) in [5.41, 5.74) is 0.0638. The number of aliphatic hydroxyl groups excluding tert-OH is 1. The average molecular weight is 296 g/mol. The molecule has 0 bridgehead atoms. The lowest BCUT2D eigenvalue weighted by Gasteiger charge is -2.28. The zero-order chi connectivity index (χ0) is 14.8. The van der Waals surface area contributed by atoms with Crippen molar-refractivity contribution < 1.29 is 14.3 Å². The maximum atomic E-state index is 12.2. The second-order valence-corrected chi connectivity index (χ2v) is 5.52. The lowest BCUT2D eigenvalue weighted by atomic mass is 9.95. The van der Waals surface area contributed by atoms with Gasteiger partial charge in [0, 0.05) is 17.5 Å². The molecule has 0 spiro atoms. The molecule has 5 heteroatoms. The zero-order valence-corrected chi connectivity index (χ0v) is 12.3. The Bertz CT molecular complexity index is 623. The van der Waals surface area contributed by atoms with Crippen LogP contribution in [-0.4, -0.2) is 23.2 Å². The molecular weight excluding hydrogens is 278 g/mol. The summed E-state index contributed by atoms with van der Waals surface area (Å²) in [7, 11) is 0. The van der Waals surface area contributed by atoms with Crippen LogP contribution >= 0.6 is 11.6 Å². The quantitative estimate of drug-likeness (QED) is 0.889. The highest BCUT2D eigenvalue weighted by Crippen LogP contribution is 2.27. The third kappa shape index (κ3) is 2.97. The number of nitrogens with one attached hydrogen (secondary N) is 1. The molecule has 1 atom stereocenters. The van der Waals surface area contributed by atoms with Crippen molar-refractivity contribution in [2.45, 2.75) is 32.2 Å². The van der Waals surface area contributed by atoms with E-state index in [-0.39, 0.29) is 18.3 Å². The fourth-order valence-corrected chi connectivity index (χ4v) is 2.27. The highest BCUT2D eigenvalue weighted by Gasteiger charge is 2.26. The zero-order valence-electron chi connectivity index (χ0n) is 11.6. The average Bonchev–Trinajstić information content (AvgIpc) is 2.84. The third-order valence-corrected chi connectivity index (χ3v) is 3.88. The molecule has 1 unspecified atom stereocenters. The Morgan fingerprint density at radius 2 is 2.25 bits per heavy atom. The number of halogens is 1. The van der Waals surface area contributed by atoms with Gasteiger partial charge in [-0.1, -0.05) is 30.7 Å². The highest BCUT2D eigenvalue weighted by molar-refractivity contribution is 6.34. The summed E-state index contributed by atoms with van der Waals surface area (Å²) < 4.78 is 5.52. The van der Waals surface area contributed by atoms with E-state index in [1.54, 1.807) is 12.1 Å². The van der Waals surface area contributed by atoms with Crippen LogP contribution in [0.2, 0.25) is 5.02 Å². The lowest BCUT2D eigenvalue weighted by molar-refractivity contribution is 0.0860. The molecule has 2 rings (SSSR count). The van der Waals surface area contributed by atoms with Crippen molar-refractivity contribution in [3.8, 4) is 0 Å². The number of carbonyl (C=O) groups is 1. The normalized spacial score (nSPS) is 14.2. The highest BCUT2D eigenvalue weighted by atomic mass is 35.5. The Morgan fingerprint density at radius 3 is 2.85 bits per heavy atom. The Morgan fingerprint density at radius 1 is 1.50 bits per heavy atom. The smallest absolute Gasteiger partial charge is 0.287 e. The van der Waals surface area contributed by atoms with Crippen LogP contribution in [-0.2, 0) is 0 Å². The van der Waals surface area contributed by atoms with Crippen LogP contribution in [0, 0.1) is 0 Å². The Hall–Kier alpha value is -1.52. The number of hydrogen-bond acceptors (Lipinski definition) is 3. The van der Waals surface area contributed by atoms with E-state index in [0.29, 0.717) is 17.0 Å². The predicted octanol–water partition coefficient (Wildman–Crippen LogP) is 3.37. The van der Waals surface area contributed by atoms with Crippen LogP contribution in [0.4, 0.5) is 0 Å². The number of aliphatic hydroxyl groups is 1. The van der Waals surface area contributed by atoms with Gasteiger partial charge in [-0.25, -0.2) is 0 Å². The predicted molar refractivity (Wildman–Crippen MR) is 79.1 cm³/mol. The number of carbonyl (C=O) groups excluding carboxylic acids is 1. The van der Waals surface area contributed by atoms with E-state index in [4.69, 9.17) is 21.1 Å². The van der Waals surface area contributed by atoms with Gasteiger partial charge in [0.25, 0.3) is 5.91 Å². The molecule has 20 heavy (non-hydrogen) atoms. The first-order valence-electron chi connectivity index (χ1n) is 6.60. The van der Waals surface area contributed by atoms with E-state index in [1.807, 2.05) is 26.0 Å². The van der Waals surface area contributed by atoms with Gasteiger partial charge in [-0.05, 0) is 31.9 Å². The van der Waals surface area contributed by atoms with Crippen LogP contribution in [0.25, 0.3) is 11.0 Å². The van der Waals surface area contributed by atoms with Crippen LogP contribution in [0.15, 0.2) is 28.7 Å². The summed E-state index contributed by atoms with van der Waals surface area (Å²) in [4.78, 5) is 12.2. The second kappa shape index (κ2) is 5.85.